The molecule has 1 amide bonds. The highest BCUT2D eigenvalue weighted by Gasteiger charge is 2.33. The summed E-state index contributed by atoms with van der Waals surface area (Å²) in [6, 6.07) is 4.48. The Labute approximate surface area is 274 Å². The number of piperazine rings is 2. The van der Waals surface area contributed by atoms with Gasteiger partial charge in [0.15, 0.2) is 0 Å². The monoisotopic (exact) mass is 668 g/mol. The summed E-state index contributed by atoms with van der Waals surface area (Å²) < 4.78 is 65.1. The average molecular weight is 669 g/mol. The molecule has 3 aliphatic rings. The van der Waals surface area contributed by atoms with Crippen molar-refractivity contribution in [2.24, 2.45) is 11.8 Å². The summed E-state index contributed by atoms with van der Waals surface area (Å²) in [4.78, 5) is 33.0. The van der Waals surface area contributed by atoms with Crippen LogP contribution < -0.4 is 4.90 Å². The van der Waals surface area contributed by atoms with Crippen molar-refractivity contribution in [1.29, 1.82) is 0 Å². The molecule has 1 N–H and O–H groups in total. The number of likely N-dealkylation sites (N-methyl/N-ethyl adjacent to an activating group) is 1. The van der Waals surface area contributed by atoms with Gasteiger partial charge in [-0.1, -0.05) is 26.0 Å². The molecule has 4 rings (SSSR count). The van der Waals surface area contributed by atoms with Crippen LogP contribution in [0, 0.1) is 17.7 Å². The lowest BCUT2D eigenvalue weighted by Gasteiger charge is -2.36. The zero-order valence-electron chi connectivity index (χ0n) is 27.7. The summed E-state index contributed by atoms with van der Waals surface area (Å²) in [5, 5.41) is 10.6. The number of anilines is 1. The third kappa shape index (κ3) is 11.2. The molecule has 0 aliphatic carbocycles. The van der Waals surface area contributed by atoms with Gasteiger partial charge in [0.2, 0.25) is 0 Å². The first-order valence-corrected chi connectivity index (χ1v) is 16.4. The molecule has 47 heavy (non-hydrogen) atoms. The number of nitrogens with zero attached hydrogens (tertiary/aromatic N) is 4. The van der Waals surface area contributed by atoms with Gasteiger partial charge in [0.05, 0.1) is 19.1 Å². The number of aliphatic hydroxyl groups excluding tert-OH is 1. The number of rotatable bonds is 5. The number of halogens is 4. The van der Waals surface area contributed by atoms with Crippen molar-refractivity contribution >= 4 is 23.8 Å². The van der Waals surface area contributed by atoms with Crippen molar-refractivity contribution in [2.45, 2.75) is 64.5 Å². The zero-order valence-corrected chi connectivity index (χ0v) is 27.7. The summed E-state index contributed by atoms with van der Waals surface area (Å²) >= 11 is 0. The maximum absolute atomic E-state index is 14.8. The van der Waals surface area contributed by atoms with Gasteiger partial charge in [0.25, 0.3) is 0 Å². The molecular formula is C34H48F4N4O5. The number of aliphatic hydroxyl groups is 1. The fraction of sp³-hybridized carbons (Fsp3) is 0.647. The molecule has 9 nitrogen and oxygen atoms in total. The summed E-state index contributed by atoms with van der Waals surface area (Å²) in [7, 11) is 2.01. The standard InChI is InChI=1S/C34H48F4N4O5/c1-23-5-7-29(43)21-31(44)47-32(24(2)6-8-30(23)46-33(45)42-13-9-39(4)10-14-42)25(3)17-26-18-27(35)20-28(19-26)41-15-11-40(12-16-41)22-34(36,37)38/h6,8,17-20,23-24,29-30,32,43H,5,7,9-16,21-22H2,1-4H3/b8-6+,25-17+/t23-,24-,29+,30-,32-/m0/s1. The van der Waals surface area contributed by atoms with Crippen molar-refractivity contribution < 1.29 is 41.7 Å². The summed E-state index contributed by atoms with van der Waals surface area (Å²) in [5.74, 6) is -1.53. The first-order valence-electron chi connectivity index (χ1n) is 16.4. The molecule has 262 valence electrons. The lowest BCUT2D eigenvalue weighted by atomic mass is 9.91. The normalized spacial score (nSPS) is 28.7. The largest absolute Gasteiger partial charge is 0.457 e. The van der Waals surface area contributed by atoms with E-state index in [9.17, 15) is 32.3 Å². The Hall–Kier alpha value is -3.16. The lowest BCUT2D eigenvalue weighted by Crippen LogP contribution is -2.49. The van der Waals surface area contributed by atoms with Gasteiger partial charge in [-0.25, -0.2) is 9.18 Å². The van der Waals surface area contributed by atoms with E-state index in [1.165, 1.54) is 17.0 Å². The van der Waals surface area contributed by atoms with Crippen molar-refractivity contribution in [2.75, 3.05) is 70.9 Å². The lowest BCUT2D eigenvalue weighted by molar-refractivity contribution is -0.151. The Bertz CT molecular complexity index is 1280. The molecule has 1 aromatic rings. The van der Waals surface area contributed by atoms with Gasteiger partial charge in [0, 0.05) is 64.0 Å². The van der Waals surface area contributed by atoms with Crippen LogP contribution in [0.1, 0.15) is 45.6 Å². The SMILES string of the molecule is C/C(=C\c1cc(F)cc(N2CCN(CC(F)(F)F)CC2)c1)[C@H]1OC(=O)C[C@H](O)CC[C@H](C)[C@@H](OC(=O)N2CCN(C)CC2)/C=C/[C@@H]1C. The van der Waals surface area contributed by atoms with E-state index < -0.39 is 42.8 Å². The number of carbonyl (C=O) groups is 2. The number of ether oxygens (including phenoxy) is 2. The Morgan fingerprint density at radius 3 is 2.36 bits per heavy atom. The molecule has 0 bridgehead atoms. The number of hydrogen-bond acceptors (Lipinski definition) is 8. The van der Waals surface area contributed by atoms with Crippen molar-refractivity contribution in [3.63, 3.8) is 0 Å². The second kappa shape index (κ2) is 16.3. The predicted octanol–water partition coefficient (Wildman–Crippen LogP) is 4.95. The Kier molecular flexibility index (Phi) is 12.7. The molecule has 0 aromatic heterocycles. The quantitative estimate of drug-likeness (QED) is 0.268. The van der Waals surface area contributed by atoms with Gasteiger partial charge in [0.1, 0.15) is 18.0 Å². The van der Waals surface area contributed by atoms with Crippen LogP contribution in [0.3, 0.4) is 0 Å². The molecule has 2 fully saturated rings. The topological polar surface area (TPSA) is 85.8 Å². The number of esters is 1. The van der Waals surface area contributed by atoms with Crippen LogP contribution in [0.2, 0.25) is 0 Å². The Morgan fingerprint density at radius 1 is 1.02 bits per heavy atom. The molecule has 0 saturated carbocycles. The minimum absolute atomic E-state index is 0.115. The highest BCUT2D eigenvalue weighted by molar-refractivity contribution is 5.71. The molecule has 1 aromatic carbocycles. The van der Waals surface area contributed by atoms with E-state index >= 15 is 0 Å². The number of cyclic esters (lactones) is 1. The molecule has 0 spiro atoms. The number of hydrogen-bond donors (Lipinski definition) is 1. The Morgan fingerprint density at radius 2 is 1.70 bits per heavy atom. The maximum atomic E-state index is 14.8. The molecule has 2 saturated heterocycles. The average Bonchev–Trinajstić information content (AvgIpc) is 2.99. The van der Waals surface area contributed by atoms with Crippen molar-refractivity contribution in [3.8, 4) is 0 Å². The van der Waals surface area contributed by atoms with Crippen LogP contribution in [0.5, 0.6) is 0 Å². The summed E-state index contributed by atoms with van der Waals surface area (Å²) in [6.45, 7) is 8.37. The van der Waals surface area contributed by atoms with E-state index in [0.717, 1.165) is 13.1 Å². The maximum Gasteiger partial charge on any atom is 0.410 e. The van der Waals surface area contributed by atoms with Crippen LogP contribution in [-0.2, 0) is 14.3 Å². The number of benzene rings is 1. The van der Waals surface area contributed by atoms with Crippen LogP contribution in [0.15, 0.2) is 35.9 Å². The number of amides is 1. The van der Waals surface area contributed by atoms with Crippen molar-refractivity contribution in [1.82, 2.24) is 14.7 Å². The van der Waals surface area contributed by atoms with Gasteiger partial charge in [-0.2, -0.15) is 13.2 Å². The van der Waals surface area contributed by atoms with Crippen LogP contribution >= 0.6 is 0 Å². The van der Waals surface area contributed by atoms with Gasteiger partial charge >= 0.3 is 18.2 Å². The van der Waals surface area contributed by atoms with Gasteiger partial charge in [-0.3, -0.25) is 9.69 Å². The fourth-order valence-corrected chi connectivity index (χ4v) is 6.25. The Balaban J connectivity index is 1.52. The van der Waals surface area contributed by atoms with Gasteiger partial charge in [-0.05, 0) is 68.1 Å². The third-order valence-electron chi connectivity index (χ3n) is 9.15. The number of alkyl halides is 3. The van der Waals surface area contributed by atoms with E-state index in [1.54, 1.807) is 24.0 Å². The van der Waals surface area contributed by atoms with Gasteiger partial charge < -0.3 is 29.3 Å². The summed E-state index contributed by atoms with van der Waals surface area (Å²) in [6.07, 6.45) is -0.806. The molecule has 0 unspecified atom stereocenters. The smallest absolute Gasteiger partial charge is 0.410 e. The zero-order chi connectivity index (χ0) is 34.3. The molecule has 3 heterocycles. The second-order valence-corrected chi connectivity index (χ2v) is 13.2. The first-order chi connectivity index (χ1) is 22.2. The molecule has 3 aliphatic heterocycles. The highest BCUT2D eigenvalue weighted by Crippen LogP contribution is 2.28. The molecular weight excluding hydrogens is 620 g/mol. The molecule has 13 heteroatoms. The molecule has 5 atom stereocenters. The van der Waals surface area contributed by atoms with Crippen LogP contribution in [0.4, 0.5) is 28.0 Å². The number of carbonyl (C=O) groups excluding carboxylic acids is 2. The minimum Gasteiger partial charge on any atom is -0.457 e. The highest BCUT2D eigenvalue weighted by atomic mass is 19.4. The second-order valence-electron chi connectivity index (χ2n) is 13.2. The first kappa shape index (κ1) is 36.7. The summed E-state index contributed by atoms with van der Waals surface area (Å²) in [5.41, 5.74) is 1.70. The van der Waals surface area contributed by atoms with E-state index in [4.69, 9.17) is 9.47 Å². The van der Waals surface area contributed by atoms with E-state index in [-0.39, 0.29) is 37.4 Å². The predicted molar refractivity (Wildman–Crippen MR) is 171 cm³/mol. The molecule has 0 radical (unpaired) electrons. The van der Waals surface area contributed by atoms with Gasteiger partial charge in [-0.15, -0.1) is 0 Å². The van der Waals surface area contributed by atoms with E-state index in [1.807, 2.05) is 37.9 Å². The minimum atomic E-state index is -4.27. The van der Waals surface area contributed by atoms with E-state index in [0.29, 0.717) is 55.8 Å². The van der Waals surface area contributed by atoms with Crippen LogP contribution in [-0.4, -0.2) is 122 Å². The van der Waals surface area contributed by atoms with E-state index in [2.05, 4.69) is 4.90 Å². The fourth-order valence-electron chi connectivity index (χ4n) is 6.25. The van der Waals surface area contributed by atoms with Crippen molar-refractivity contribution in [3.05, 3.63) is 47.3 Å². The third-order valence-corrected chi connectivity index (χ3v) is 9.15. The van der Waals surface area contributed by atoms with Crippen LogP contribution in [0.25, 0.3) is 6.08 Å².